The van der Waals surface area contributed by atoms with Crippen LogP contribution >= 0.6 is 0 Å². The normalized spacial score (nSPS) is 14.3. The summed E-state index contributed by atoms with van der Waals surface area (Å²) in [4.78, 5) is 11.0. The van der Waals surface area contributed by atoms with Crippen molar-refractivity contribution < 1.29 is 32.5 Å². The van der Waals surface area contributed by atoms with E-state index in [2.05, 4.69) is 5.10 Å². The molecule has 0 radical (unpaired) electrons. The molecule has 9 heteroatoms. The van der Waals surface area contributed by atoms with Crippen molar-refractivity contribution in [2.75, 3.05) is 13.2 Å². The Balaban J connectivity index is 2.21. The van der Waals surface area contributed by atoms with Crippen LogP contribution in [0.5, 0.6) is 11.5 Å². The molecule has 0 amide bonds. The number of fused-ring (bicyclic) bond motifs is 1. The molecule has 3 rings (SSSR count). The number of alkyl halides is 3. The van der Waals surface area contributed by atoms with Gasteiger partial charge in [0, 0.05) is 19.0 Å². The van der Waals surface area contributed by atoms with Gasteiger partial charge in [0.1, 0.15) is 5.56 Å². The Hall–Kier alpha value is -2.71. The molecule has 24 heavy (non-hydrogen) atoms. The number of rotatable bonds is 2. The molecule has 1 aliphatic rings. The van der Waals surface area contributed by atoms with Crippen molar-refractivity contribution in [1.82, 2.24) is 9.78 Å². The summed E-state index contributed by atoms with van der Waals surface area (Å²) in [7, 11) is 1.50. The molecule has 0 saturated carbocycles. The van der Waals surface area contributed by atoms with E-state index in [1.54, 1.807) is 0 Å². The lowest BCUT2D eigenvalue weighted by molar-refractivity contribution is -0.139. The summed E-state index contributed by atoms with van der Waals surface area (Å²) >= 11 is 0. The van der Waals surface area contributed by atoms with Crippen LogP contribution in [0.1, 0.15) is 22.5 Å². The lowest BCUT2D eigenvalue weighted by Gasteiger charge is -2.17. The molecule has 0 bridgehead atoms. The summed E-state index contributed by atoms with van der Waals surface area (Å²) in [5, 5.41) is 12.9. The van der Waals surface area contributed by atoms with Gasteiger partial charge in [-0.15, -0.1) is 0 Å². The SMILES string of the molecule is Cn1nc(C(=O)O)cc1-c1ccc(C(F)(F)F)c2c1OCCCO2. The van der Waals surface area contributed by atoms with Gasteiger partial charge in [0.15, 0.2) is 17.2 Å². The Morgan fingerprint density at radius 2 is 1.92 bits per heavy atom. The quantitative estimate of drug-likeness (QED) is 0.908. The zero-order chi connectivity index (χ0) is 17.5. The number of ether oxygens (including phenoxy) is 2. The minimum Gasteiger partial charge on any atom is -0.489 e. The molecular formula is C15H13F3N2O4. The highest BCUT2D eigenvalue weighted by Crippen LogP contribution is 2.47. The van der Waals surface area contributed by atoms with E-state index in [9.17, 15) is 18.0 Å². The topological polar surface area (TPSA) is 73.6 Å². The zero-order valence-electron chi connectivity index (χ0n) is 12.6. The number of carbonyl (C=O) groups is 1. The van der Waals surface area contributed by atoms with Crippen LogP contribution in [-0.2, 0) is 13.2 Å². The summed E-state index contributed by atoms with van der Waals surface area (Å²) in [6.07, 6.45) is -4.15. The Morgan fingerprint density at radius 3 is 2.50 bits per heavy atom. The second-order valence-corrected chi connectivity index (χ2v) is 5.21. The monoisotopic (exact) mass is 342 g/mol. The van der Waals surface area contributed by atoms with Gasteiger partial charge in [0.05, 0.1) is 18.9 Å². The van der Waals surface area contributed by atoms with Crippen LogP contribution in [0.4, 0.5) is 13.2 Å². The van der Waals surface area contributed by atoms with E-state index in [1.165, 1.54) is 23.9 Å². The Morgan fingerprint density at radius 1 is 1.25 bits per heavy atom. The zero-order valence-corrected chi connectivity index (χ0v) is 12.6. The molecule has 6 nitrogen and oxygen atoms in total. The van der Waals surface area contributed by atoms with Crippen molar-refractivity contribution in [3.05, 3.63) is 29.5 Å². The number of nitrogens with zero attached hydrogens (tertiary/aromatic N) is 2. The molecule has 1 N–H and O–H groups in total. The Labute approximate surface area is 134 Å². The van der Waals surface area contributed by atoms with Crippen molar-refractivity contribution in [3.8, 4) is 22.8 Å². The molecule has 2 heterocycles. The van der Waals surface area contributed by atoms with Gasteiger partial charge < -0.3 is 14.6 Å². The fourth-order valence-corrected chi connectivity index (χ4v) is 2.51. The van der Waals surface area contributed by atoms with Gasteiger partial charge in [-0.1, -0.05) is 0 Å². The maximum atomic E-state index is 13.2. The number of aromatic nitrogens is 2. The van der Waals surface area contributed by atoms with E-state index in [4.69, 9.17) is 14.6 Å². The van der Waals surface area contributed by atoms with Gasteiger partial charge in [-0.2, -0.15) is 18.3 Å². The molecule has 0 spiro atoms. The first kappa shape index (κ1) is 16.2. The van der Waals surface area contributed by atoms with E-state index in [-0.39, 0.29) is 30.4 Å². The number of aryl methyl sites for hydroxylation is 1. The number of halogens is 3. The fraction of sp³-hybridized carbons (Fsp3) is 0.333. The van der Waals surface area contributed by atoms with Crippen molar-refractivity contribution in [3.63, 3.8) is 0 Å². The van der Waals surface area contributed by atoms with Gasteiger partial charge in [-0.05, 0) is 18.2 Å². The average molecular weight is 342 g/mol. The van der Waals surface area contributed by atoms with Crippen molar-refractivity contribution in [2.45, 2.75) is 12.6 Å². The minimum atomic E-state index is -4.59. The van der Waals surface area contributed by atoms with E-state index in [0.717, 1.165) is 6.07 Å². The molecule has 0 unspecified atom stereocenters. The molecule has 0 atom stereocenters. The van der Waals surface area contributed by atoms with E-state index < -0.39 is 17.7 Å². The van der Waals surface area contributed by atoms with Crippen LogP contribution < -0.4 is 9.47 Å². The number of carboxylic acid groups (broad SMARTS) is 1. The van der Waals surface area contributed by atoms with Crippen LogP contribution in [0.15, 0.2) is 18.2 Å². The highest BCUT2D eigenvalue weighted by atomic mass is 19.4. The lowest BCUT2D eigenvalue weighted by atomic mass is 10.0. The molecule has 0 fully saturated rings. The fourth-order valence-electron chi connectivity index (χ4n) is 2.51. The summed E-state index contributed by atoms with van der Waals surface area (Å²) in [5.74, 6) is -1.66. The van der Waals surface area contributed by atoms with Crippen LogP contribution in [-0.4, -0.2) is 34.1 Å². The highest BCUT2D eigenvalue weighted by Gasteiger charge is 2.37. The lowest BCUT2D eigenvalue weighted by Crippen LogP contribution is -2.09. The summed E-state index contributed by atoms with van der Waals surface area (Å²) < 4.78 is 51.6. The first-order chi connectivity index (χ1) is 11.3. The molecular weight excluding hydrogens is 329 g/mol. The molecule has 2 aromatic rings. The third kappa shape index (κ3) is 2.77. The number of hydrogen-bond acceptors (Lipinski definition) is 4. The number of aromatic carboxylic acids is 1. The maximum absolute atomic E-state index is 13.2. The predicted octanol–water partition coefficient (Wildman–Crippen LogP) is 2.97. The van der Waals surface area contributed by atoms with Crippen molar-refractivity contribution in [2.24, 2.45) is 7.05 Å². The Bertz CT molecular complexity index is 799. The summed E-state index contributed by atoms with van der Waals surface area (Å²) in [5.41, 5.74) is -0.523. The Kier molecular flexibility index (Phi) is 3.86. The third-order valence-electron chi connectivity index (χ3n) is 3.57. The van der Waals surface area contributed by atoms with Gasteiger partial charge in [0.2, 0.25) is 0 Å². The third-order valence-corrected chi connectivity index (χ3v) is 3.57. The molecule has 128 valence electrons. The number of hydrogen-bond donors (Lipinski definition) is 1. The van der Waals surface area contributed by atoms with Crippen LogP contribution in [0.2, 0.25) is 0 Å². The number of benzene rings is 1. The summed E-state index contributed by atoms with van der Waals surface area (Å²) in [6, 6.07) is 3.41. The average Bonchev–Trinajstić information content (AvgIpc) is 2.73. The van der Waals surface area contributed by atoms with E-state index in [0.29, 0.717) is 17.7 Å². The van der Waals surface area contributed by atoms with Gasteiger partial charge in [-0.3, -0.25) is 4.68 Å². The highest BCUT2D eigenvalue weighted by molar-refractivity contribution is 5.87. The van der Waals surface area contributed by atoms with Gasteiger partial charge >= 0.3 is 12.1 Å². The number of carboxylic acids is 1. The largest absolute Gasteiger partial charge is 0.489 e. The molecule has 1 aliphatic heterocycles. The second kappa shape index (κ2) is 5.73. The van der Waals surface area contributed by atoms with E-state index in [1.807, 2.05) is 0 Å². The van der Waals surface area contributed by atoms with E-state index >= 15 is 0 Å². The van der Waals surface area contributed by atoms with Crippen LogP contribution in [0, 0.1) is 0 Å². The smallest absolute Gasteiger partial charge is 0.420 e. The van der Waals surface area contributed by atoms with Gasteiger partial charge in [0.25, 0.3) is 0 Å². The first-order valence-electron chi connectivity index (χ1n) is 7.06. The molecule has 0 aliphatic carbocycles. The summed E-state index contributed by atoms with van der Waals surface area (Å²) in [6.45, 7) is 0.302. The van der Waals surface area contributed by atoms with Crippen LogP contribution in [0.3, 0.4) is 0 Å². The first-order valence-corrected chi connectivity index (χ1v) is 7.06. The van der Waals surface area contributed by atoms with Crippen molar-refractivity contribution in [1.29, 1.82) is 0 Å². The maximum Gasteiger partial charge on any atom is 0.420 e. The van der Waals surface area contributed by atoms with Gasteiger partial charge in [-0.25, -0.2) is 4.79 Å². The molecule has 1 aromatic carbocycles. The molecule has 0 saturated heterocycles. The van der Waals surface area contributed by atoms with Crippen LogP contribution in [0.25, 0.3) is 11.3 Å². The predicted molar refractivity (Wildman–Crippen MR) is 76.2 cm³/mol. The van der Waals surface area contributed by atoms with Crippen molar-refractivity contribution >= 4 is 5.97 Å². The molecule has 1 aromatic heterocycles. The second-order valence-electron chi connectivity index (χ2n) is 5.21. The minimum absolute atomic E-state index is 0.0535. The standard InChI is InChI=1S/C15H13F3N2O4/c1-20-11(7-10(19-20)14(21)22)8-3-4-9(15(16,17)18)13-12(8)23-5-2-6-24-13/h3-4,7H,2,5-6H2,1H3,(H,21,22).